The number of nitrogens with two attached hydrogens (primary N) is 1. The Morgan fingerprint density at radius 3 is 2.67 bits per heavy atom. The molecule has 6 heteroatoms. The quantitative estimate of drug-likeness (QED) is 0.494. The van der Waals surface area contributed by atoms with E-state index in [1.54, 1.807) is 0 Å². The highest BCUT2D eigenvalue weighted by Crippen LogP contribution is 1.80. The number of rotatable bonds is 2. The second kappa shape index (κ2) is 3.04. The van der Waals surface area contributed by atoms with Crippen molar-refractivity contribution in [1.29, 1.82) is 0 Å². The summed E-state index contributed by atoms with van der Waals surface area (Å²) in [5.41, 5.74) is 4.88. The molecule has 0 aliphatic rings. The highest BCUT2D eigenvalue weighted by Gasteiger charge is 2.05. The molecule has 0 atom stereocenters. The zero-order valence-corrected chi connectivity index (χ0v) is 6.14. The van der Waals surface area contributed by atoms with Gasteiger partial charge in [-0.05, 0) is 0 Å². The van der Waals surface area contributed by atoms with Crippen LogP contribution < -0.4 is 15.4 Å². The second-order valence-corrected chi connectivity index (χ2v) is 2.23. The fraction of sp³-hybridized carbons (Fsp3) is 0.167. The minimum absolute atomic E-state index is 0.0414. The van der Waals surface area contributed by atoms with E-state index < -0.39 is 12.0 Å². The Morgan fingerprint density at radius 2 is 2.25 bits per heavy atom. The van der Waals surface area contributed by atoms with E-state index in [0.29, 0.717) is 0 Å². The molecule has 2 N–H and O–H groups in total. The molecule has 0 saturated heterocycles. The molecule has 0 aliphatic carbocycles. The van der Waals surface area contributed by atoms with E-state index >= 15 is 0 Å². The first-order valence-corrected chi connectivity index (χ1v) is 3.16. The first kappa shape index (κ1) is 8.25. The van der Waals surface area contributed by atoms with Crippen molar-refractivity contribution < 1.29 is 19.3 Å². The van der Waals surface area contributed by atoms with Gasteiger partial charge in [0.1, 0.15) is 12.4 Å². The molecule has 1 aromatic rings. The van der Waals surface area contributed by atoms with Gasteiger partial charge in [0.05, 0.1) is 0 Å². The number of carbonyl (C=O) groups excluding carboxylic acids is 2. The van der Waals surface area contributed by atoms with Gasteiger partial charge in [0, 0.05) is 0 Å². The van der Waals surface area contributed by atoms with Crippen LogP contribution in [0.2, 0.25) is 0 Å². The maximum absolute atomic E-state index is 10.4. The van der Waals surface area contributed by atoms with Crippen molar-refractivity contribution in [2.75, 3.05) is 0 Å². The molecule has 1 rings (SSSR count). The van der Waals surface area contributed by atoms with Gasteiger partial charge in [-0.25, -0.2) is 4.57 Å². The van der Waals surface area contributed by atoms with Gasteiger partial charge >= 0.3 is 0 Å². The van der Waals surface area contributed by atoms with Gasteiger partial charge in [-0.3, -0.25) is 4.79 Å². The summed E-state index contributed by atoms with van der Waals surface area (Å²) >= 11 is 0. The van der Waals surface area contributed by atoms with Crippen LogP contribution in [-0.4, -0.2) is 16.6 Å². The van der Waals surface area contributed by atoms with Gasteiger partial charge in [0.15, 0.2) is 6.54 Å². The Labute approximate surface area is 67.8 Å². The lowest BCUT2D eigenvalue weighted by molar-refractivity contribution is -0.683. The van der Waals surface area contributed by atoms with E-state index in [9.17, 15) is 14.7 Å². The molecule has 1 heterocycles. The average Bonchev–Trinajstić information content (AvgIpc) is 2.34. The summed E-state index contributed by atoms with van der Waals surface area (Å²) in [6.07, 6.45) is 2.54. The largest absolute Gasteiger partial charge is 0.510 e. The van der Waals surface area contributed by atoms with Gasteiger partial charge < -0.3 is 15.6 Å². The monoisotopic (exact) mass is 169 g/mol. The summed E-state index contributed by atoms with van der Waals surface area (Å²) in [6.45, 7) is -0.0414. The van der Waals surface area contributed by atoms with Crippen LogP contribution in [0.1, 0.15) is 0 Å². The molecule has 12 heavy (non-hydrogen) atoms. The highest BCUT2D eigenvalue weighted by molar-refractivity contribution is 5.72. The number of imidazole rings is 1. The average molecular weight is 169 g/mol. The lowest BCUT2D eigenvalue weighted by atomic mass is 10.6. The summed E-state index contributed by atoms with van der Waals surface area (Å²) < 4.78 is 2.17. The number of hydrogen-bond donors (Lipinski definition) is 1. The second-order valence-electron chi connectivity index (χ2n) is 2.23. The predicted molar refractivity (Wildman–Crippen MR) is 34.6 cm³/mol. The fourth-order valence-corrected chi connectivity index (χ4v) is 0.776. The Bertz CT molecular complexity index is 318. The van der Waals surface area contributed by atoms with E-state index in [1.807, 2.05) is 0 Å². The number of carbonyl (C=O) groups is 2. The van der Waals surface area contributed by atoms with Crippen LogP contribution in [0.25, 0.3) is 0 Å². The maximum Gasteiger partial charge on any atom is 0.259 e. The van der Waals surface area contributed by atoms with Crippen LogP contribution in [-0.2, 0) is 11.3 Å². The van der Waals surface area contributed by atoms with Crippen LogP contribution in [0.15, 0.2) is 18.7 Å². The number of aromatic nitrogens is 2. The van der Waals surface area contributed by atoms with Crippen LogP contribution >= 0.6 is 0 Å². The number of carboxylic acid groups (broad SMARTS) is 1. The van der Waals surface area contributed by atoms with Crippen LogP contribution in [0.4, 0.5) is 4.79 Å². The lowest BCUT2D eigenvalue weighted by Crippen LogP contribution is -2.39. The minimum atomic E-state index is -1.35. The van der Waals surface area contributed by atoms with Crippen LogP contribution in [0.3, 0.4) is 0 Å². The van der Waals surface area contributed by atoms with Crippen LogP contribution in [0.5, 0.6) is 0 Å². The van der Waals surface area contributed by atoms with Crippen molar-refractivity contribution in [2.45, 2.75) is 6.54 Å². The highest BCUT2D eigenvalue weighted by atomic mass is 16.4. The van der Waals surface area contributed by atoms with Gasteiger partial charge in [-0.2, -0.15) is 4.57 Å². The van der Waals surface area contributed by atoms with Crippen molar-refractivity contribution in [3.63, 3.8) is 0 Å². The summed E-state index contributed by atoms with van der Waals surface area (Å²) in [6, 6.07) is 0. The number of primary amides is 1. The smallest absolute Gasteiger partial charge is 0.259 e. The summed E-state index contributed by atoms with van der Waals surface area (Å²) in [7, 11) is 0. The van der Waals surface area contributed by atoms with Crippen molar-refractivity contribution in [3.8, 4) is 0 Å². The van der Waals surface area contributed by atoms with E-state index in [2.05, 4.69) is 0 Å². The Kier molecular flexibility index (Phi) is 2.09. The third kappa shape index (κ3) is 1.82. The van der Waals surface area contributed by atoms with Crippen molar-refractivity contribution in [1.82, 2.24) is 4.57 Å². The van der Waals surface area contributed by atoms with Crippen molar-refractivity contribution in [3.05, 3.63) is 18.7 Å². The number of amides is 1. The topological polar surface area (TPSA) is 92.0 Å². The van der Waals surface area contributed by atoms with E-state index in [4.69, 9.17) is 5.73 Å². The molecule has 0 spiro atoms. The molecule has 1 amide bonds. The van der Waals surface area contributed by atoms with Gasteiger partial charge in [0.2, 0.25) is 12.4 Å². The summed E-state index contributed by atoms with van der Waals surface area (Å²) in [5.74, 6) is -0.531. The van der Waals surface area contributed by atoms with Crippen molar-refractivity contribution >= 4 is 12.0 Å². The zero-order chi connectivity index (χ0) is 9.14. The van der Waals surface area contributed by atoms with Crippen molar-refractivity contribution in [2.24, 2.45) is 5.73 Å². The Hall–Kier alpha value is -1.85. The maximum atomic E-state index is 10.4. The zero-order valence-electron chi connectivity index (χ0n) is 6.14. The molecule has 0 radical (unpaired) electrons. The molecule has 64 valence electrons. The molecule has 0 saturated carbocycles. The van der Waals surface area contributed by atoms with Gasteiger partial charge in [-0.1, -0.05) is 0 Å². The lowest BCUT2D eigenvalue weighted by Gasteiger charge is -1.91. The standard InChI is InChI=1S/C6H7N3O3/c7-5(10)3-8-1-2-9(4-8)6(11)12/h1-2,4H,3H2,(H2-,7,10,11,12). The Balaban J connectivity index is 2.77. The molecule has 6 nitrogen and oxygen atoms in total. The molecular weight excluding hydrogens is 162 g/mol. The van der Waals surface area contributed by atoms with E-state index in [0.717, 1.165) is 4.57 Å². The fourth-order valence-electron chi connectivity index (χ4n) is 0.776. The van der Waals surface area contributed by atoms with Gasteiger partial charge in [-0.15, -0.1) is 0 Å². The summed E-state index contributed by atoms with van der Waals surface area (Å²) in [4.78, 5) is 20.6. The SMILES string of the molecule is NC(=O)C[n+]1ccn(C(=O)[O-])c1. The van der Waals surface area contributed by atoms with E-state index in [-0.39, 0.29) is 6.54 Å². The molecule has 0 aromatic carbocycles. The first-order valence-electron chi connectivity index (χ1n) is 3.16. The predicted octanol–water partition coefficient (Wildman–Crippen LogP) is -2.55. The summed E-state index contributed by atoms with van der Waals surface area (Å²) in [5, 5.41) is 10.2. The molecule has 0 aliphatic heterocycles. The first-order chi connectivity index (χ1) is 5.59. The van der Waals surface area contributed by atoms with Gasteiger partial charge in [0.25, 0.3) is 5.91 Å². The molecular formula is C6H7N3O3. The Morgan fingerprint density at radius 1 is 1.58 bits per heavy atom. The number of hydrogen-bond acceptors (Lipinski definition) is 3. The third-order valence-electron chi connectivity index (χ3n) is 1.24. The van der Waals surface area contributed by atoms with E-state index in [1.165, 1.54) is 23.3 Å². The third-order valence-corrected chi connectivity index (χ3v) is 1.24. The van der Waals surface area contributed by atoms with Crippen LogP contribution in [0, 0.1) is 0 Å². The number of nitrogens with zero attached hydrogens (tertiary/aromatic N) is 2. The normalized spacial score (nSPS) is 9.67. The molecule has 0 bridgehead atoms. The molecule has 0 unspecified atom stereocenters. The molecule has 0 fully saturated rings. The molecule has 1 aromatic heterocycles. The minimum Gasteiger partial charge on any atom is -0.510 e.